The highest BCUT2D eigenvalue weighted by atomic mass is 32.2. The Morgan fingerprint density at radius 3 is 2.53 bits per heavy atom. The number of esters is 1. The second-order valence-electron chi connectivity index (χ2n) is 10.6. The maximum Gasteiger partial charge on any atom is 0.341 e. The van der Waals surface area contributed by atoms with Crippen molar-refractivity contribution >= 4 is 61.5 Å². The van der Waals surface area contributed by atoms with Gasteiger partial charge in [0, 0.05) is 15.3 Å². The first-order valence-corrected chi connectivity index (χ1v) is 16.9. The number of ether oxygens (including phenoxy) is 1. The highest BCUT2D eigenvalue weighted by Crippen LogP contribution is 2.41. The van der Waals surface area contributed by atoms with Gasteiger partial charge >= 0.3 is 5.97 Å². The van der Waals surface area contributed by atoms with E-state index in [0.717, 1.165) is 45.7 Å². The van der Waals surface area contributed by atoms with Crippen molar-refractivity contribution in [1.29, 1.82) is 0 Å². The molecule has 10 heteroatoms. The SMILES string of the molecule is CCOC(=O)c1c(NC(=O)CSc2nc3sc(C)c(-c4ccccc4)c3c(=O)n2-c2ccccc2)sc2c1CC[C@@H](C)C2. The van der Waals surface area contributed by atoms with E-state index in [-0.39, 0.29) is 23.8 Å². The minimum atomic E-state index is -0.398. The molecule has 1 aliphatic rings. The van der Waals surface area contributed by atoms with Crippen molar-refractivity contribution in [2.75, 3.05) is 17.7 Å². The summed E-state index contributed by atoms with van der Waals surface area (Å²) in [6.07, 6.45) is 2.68. The van der Waals surface area contributed by atoms with Gasteiger partial charge in [-0.05, 0) is 62.3 Å². The quantitative estimate of drug-likeness (QED) is 0.109. The highest BCUT2D eigenvalue weighted by Gasteiger charge is 2.29. The van der Waals surface area contributed by atoms with Gasteiger partial charge in [0.2, 0.25) is 5.91 Å². The fourth-order valence-corrected chi connectivity index (χ4v) is 8.86. The highest BCUT2D eigenvalue weighted by molar-refractivity contribution is 7.99. The third-order valence-electron chi connectivity index (χ3n) is 7.52. The zero-order valence-corrected chi connectivity index (χ0v) is 26.6. The minimum absolute atomic E-state index is 0.0158. The van der Waals surface area contributed by atoms with E-state index in [9.17, 15) is 14.4 Å². The average molecular weight is 630 g/mol. The van der Waals surface area contributed by atoms with Gasteiger partial charge < -0.3 is 10.1 Å². The molecule has 43 heavy (non-hydrogen) atoms. The maximum absolute atomic E-state index is 14.2. The van der Waals surface area contributed by atoms with Gasteiger partial charge in [-0.2, -0.15) is 0 Å². The Bertz CT molecular complexity index is 1880. The Morgan fingerprint density at radius 1 is 1.09 bits per heavy atom. The van der Waals surface area contributed by atoms with Crippen molar-refractivity contribution < 1.29 is 14.3 Å². The van der Waals surface area contributed by atoms with E-state index in [1.165, 1.54) is 34.4 Å². The molecule has 0 bridgehead atoms. The average Bonchev–Trinajstić information content (AvgIpc) is 3.53. The minimum Gasteiger partial charge on any atom is -0.462 e. The number of thiophene rings is 2. The van der Waals surface area contributed by atoms with E-state index in [1.54, 1.807) is 11.5 Å². The van der Waals surface area contributed by atoms with Crippen LogP contribution in [-0.4, -0.2) is 33.8 Å². The number of anilines is 1. The number of amides is 1. The molecule has 6 rings (SSSR count). The fraction of sp³-hybridized carbons (Fsp3) is 0.273. The molecule has 0 radical (unpaired) electrons. The van der Waals surface area contributed by atoms with E-state index in [0.29, 0.717) is 37.5 Å². The van der Waals surface area contributed by atoms with E-state index in [2.05, 4.69) is 12.2 Å². The third-order valence-corrected chi connectivity index (χ3v) is 10.6. The van der Waals surface area contributed by atoms with Crippen LogP contribution in [0.25, 0.3) is 27.0 Å². The summed E-state index contributed by atoms with van der Waals surface area (Å²) in [6.45, 7) is 6.25. The summed E-state index contributed by atoms with van der Waals surface area (Å²) in [5.74, 6) is -0.130. The number of hydrogen-bond donors (Lipinski definition) is 1. The first-order valence-electron chi connectivity index (χ1n) is 14.3. The molecule has 0 unspecified atom stereocenters. The number of rotatable bonds is 8. The topological polar surface area (TPSA) is 90.3 Å². The Kier molecular flexibility index (Phi) is 8.52. The molecule has 0 saturated carbocycles. The summed E-state index contributed by atoms with van der Waals surface area (Å²) in [7, 11) is 0. The summed E-state index contributed by atoms with van der Waals surface area (Å²) in [5.41, 5.74) is 3.84. The maximum atomic E-state index is 14.2. The predicted octanol–water partition coefficient (Wildman–Crippen LogP) is 7.52. The predicted molar refractivity (Wildman–Crippen MR) is 176 cm³/mol. The molecule has 1 aliphatic carbocycles. The van der Waals surface area contributed by atoms with E-state index in [1.807, 2.05) is 67.6 Å². The smallest absolute Gasteiger partial charge is 0.341 e. The monoisotopic (exact) mass is 629 g/mol. The Balaban J connectivity index is 1.34. The van der Waals surface area contributed by atoms with Crippen molar-refractivity contribution in [3.8, 4) is 16.8 Å². The summed E-state index contributed by atoms with van der Waals surface area (Å²) < 4.78 is 6.95. The standard InChI is InChI=1S/C33H31N3O4S3/c1-4-40-32(39)27-23-16-15-19(2)17-24(23)43-29(27)34-25(37)18-41-33-35-30-28(31(38)36(33)22-13-9-6-10-14-22)26(20(3)42-30)21-11-7-5-8-12-21/h5-14,19H,4,15-18H2,1-3H3,(H,34,37)/t19-/m1/s1. The second-order valence-corrected chi connectivity index (χ2v) is 13.8. The molecule has 1 atom stereocenters. The lowest BCUT2D eigenvalue weighted by atomic mass is 9.88. The van der Waals surface area contributed by atoms with Crippen LogP contribution in [0.2, 0.25) is 0 Å². The normalized spacial score (nSPS) is 14.4. The zero-order chi connectivity index (χ0) is 30.1. The number of carbonyl (C=O) groups is 2. The van der Waals surface area contributed by atoms with Crippen molar-refractivity contribution in [2.24, 2.45) is 5.92 Å². The first-order chi connectivity index (χ1) is 20.9. The van der Waals surface area contributed by atoms with Crippen LogP contribution in [0.1, 0.15) is 45.9 Å². The fourth-order valence-electron chi connectivity index (χ4n) is 5.55. The van der Waals surface area contributed by atoms with E-state index >= 15 is 0 Å². The van der Waals surface area contributed by atoms with Gasteiger partial charge in [0.05, 0.1) is 29.0 Å². The summed E-state index contributed by atoms with van der Waals surface area (Å²) >= 11 is 4.15. The van der Waals surface area contributed by atoms with Gasteiger partial charge in [-0.15, -0.1) is 22.7 Å². The summed E-state index contributed by atoms with van der Waals surface area (Å²) in [5, 5.41) is 4.53. The molecular weight excluding hydrogens is 599 g/mol. The number of aryl methyl sites for hydroxylation is 1. The molecule has 0 spiro atoms. The molecule has 220 valence electrons. The van der Waals surface area contributed by atoms with Crippen molar-refractivity contribution in [1.82, 2.24) is 9.55 Å². The molecule has 0 fully saturated rings. The largest absolute Gasteiger partial charge is 0.462 e. The molecule has 0 saturated heterocycles. The van der Waals surface area contributed by atoms with Gasteiger partial charge in [0.15, 0.2) is 5.16 Å². The summed E-state index contributed by atoms with van der Waals surface area (Å²) in [4.78, 5) is 48.1. The molecular formula is C33H31N3O4S3. The van der Waals surface area contributed by atoms with Crippen LogP contribution in [0.5, 0.6) is 0 Å². The lowest BCUT2D eigenvalue weighted by molar-refractivity contribution is -0.113. The number of carbonyl (C=O) groups excluding carboxylic acids is 2. The molecule has 3 heterocycles. The van der Waals surface area contributed by atoms with Crippen LogP contribution < -0.4 is 10.9 Å². The van der Waals surface area contributed by atoms with Crippen LogP contribution in [0.3, 0.4) is 0 Å². The van der Waals surface area contributed by atoms with Gasteiger partial charge in [-0.3, -0.25) is 14.2 Å². The van der Waals surface area contributed by atoms with Crippen molar-refractivity contribution in [3.05, 3.63) is 91.9 Å². The van der Waals surface area contributed by atoms with Crippen LogP contribution in [0.15, 0.2) is 70.6 Å². The lowest BCUT2D eigenvalue weighted by Crippen LogP contribution is -2.23. The Labute approximate surface area is 261 Å². The number of fused-ring (bicyclic) bond motifs is 2. The number of nitrogens with one attached hydrogen (secondary N) is 1. The molecule has 7 nitrogen and oxygen atoms in total. The van der Waals surface area contributed by atoms with Crippen LogP contribution in [0, 0.1) is 12.8 Å². The first kappa shape index (κ1) is 29.3. The number of nitrogens with zero attached hydrogens (tertiary/aromatic N) is 2. The van der Waals surface area contributed by atoms with Crippen molar-refractivity contribution in [2.45, 2.75) is 45.2 Å². The molecule has 0 aliphatic heterocycles. The van der Waals surface area contributed by atoms with Crippen LogP contribution >= 0.6 is 34.4 Å². The van der Waals surface area contributed by atoms with Crippen molar-refractivity contribution in [3.63, 3.8) is 0 Å². The van der Waals surface area contributed by atoms with E-state index < -0.39 is 5.97 Å². The molecule has 3 aromatic heterocycles. The Hall–Kier alpha value is -3.73. The number of benzene rings is 2. The zero-order valence-electron chi connectivity index (χ0n) is 24.1. The van der Waals surface area contributed by atoms with Crippen LogP contribution in [-0.2, 0) is 22.4 Å². The van der Waals surface area contributed by atoms with Gasteiger partial charge in [0.25, 0.3) is 5.56 Å². The number of aromatic nitrogens is 2. The molecule has 1 N–H and O–H groups in total. The number of thioether (sulfide) groups is 1. The van der Waals surface area contributed by atoms with Gasteiger partial charge in [-0.25, -0.2) is 9.78 Å². The van der Waals surface area contributed by atoms with Crippen LogP contribution in [0.4, 0.5) is 5.00 Å². The summed E-state index contributed by atoms with van der Waals surface area (Å²) in [6, 6.07) is 19.3. The lowest BCUT2D eigenvalue weighted by Gasteiger charge is -2.18. The van der Waals surface area contributed by atoms with Gasteiger partial charge in [-0.1, -0.05) is 67.2 Å². The van der Waals surface area contributed by atoms with E-state index in [4.69, 9.17) is 9.72 Å². The molecule has 2 aromatic carbocycles. The Morgan fingerprint density at radius 2 is 1.81 bits per heavy atom. The number of para-hydroxylation sites is 1. The van der Waals surface area contributed by atoms with Gasteiger partial charge in [0.1, 0.15) is 9.83 Å². The number of hydrogen-bond acceptors (Lipinski definition) is 8. The molecule has 5 aromatic rings. The molecule has 1 amide bonds. The third kappa shape index (κ3) is 5.79. The second kappa shape index (κ2) is 12.5.